The number of ketones is 1. The molecule has 0 radical (unpaired) electrons. The lowest BCUT2D eigenvalue weighted by atomic mass is 9.90. The Bertz CT molecular complexity index is 692. The summed E-state index contributed by atoms with van der Waals surface area (Å²) in [4.78, 5) is 12.8. The summed E-state index contributed by atoms with van der Waals surface area (Å²) >= 11 is 0. The van der Waals surface area contributed by atoms with Crippen molar-refractivity contribution in [3.8, 4) is 0 Å². The molecule has 20 heavy (non-hydrogen) atoms. The van der Waals surface area contributed by atoms with E-state index in [2.05, 4.69) is 24.3 Å². The van der Waals surface area contributed by atoms with Crippen molar-refractivity contribution in [2.45, 2.75) is 32.3 Å². The summed E-state index contributed by atoms with van der Waals surface area (Å²) in [5.41, 5.74) is 3.67. The molecule has 1 aliphatic heterocycles. The number of benzene rings is 2. The molecule has 1 heterocycles. The zero-order chi connectivity index (χ0) is 13.7. The number of Topliss-reactive ketones (excluding diaryl/α,β-unsaturated/α-hetero) is 1. The number of carbonyl (C=O) groups is 1. The Labute approximate surface area is 118 Å². The number of hydrogen-bond acceptors (Lipinski definition) is 2. The van der Waals surface area contributed by atoms with Crippen LogP contribution >= 0.6 is 0 Å². The van der Waals surface area contributed by atoms with E-state index in [1.165, 1.54) is 16.5 Å². The molecule has 102 valence electrons. The van der Waals surface area contributed by atoms with Crippen LogP contribution in [0.3, 0.4) is 0 Å². The van der Waals surface area contributed by atoms with E-state index in [1.54, 1.807) is 0 Å². The Morgan fingerprint density at radius 2 is 1.95 bits per heavy atom. The summed E-state index contributed by atoms with van der Waals surface area (Å²) in [6.07, 6.45) is 3.27. The first-order valence-electron chi connectivity index (χ1n) is 7.43. The molecular weight excluding hydrogens is 248 g/mol. The average Bonchev–Trinajstić information content (AvgIpc) is 3.07. The van der Waals surface area contributed by atoms with Crippen LogP contribution in [0.4, 0.5) is 0 Å². The van der Waals surface area contributed by atoms with Crippen molar-refractivity contribution in [3.63, 3.8) is 0 Å². The number of rotatable bonds is 2. The van der Waals surface area contributed by atoms with Crippen molar-refractivity contribution in [2.24, 2.45) is 5.92 Å². The Balaban J connectivity index is 1.83. The molecule has 2 nitrogen and oxygen atoms in total. The van der Waals surface area contributed by atoms with Gasteiger partial charge in [0.1, 0.15) is 0 Å². The minimum absolute atomic E-state index is 0.0310. The van der Waals surface area contributed by atoms with Crippen LogP contribution < -0.4 is 0 Å². The highest BCUT2D eigenvalue weighted by Gasteiger charge is 2.30. The van der Waals surface area contributed by atoms with Gasteiger partial charge in [-0.15, -0.1) is 0 Å². The second kappa shape index (κ2) is 4.42. The van der Waals surface area contributed by atoms with Crippen LogP contribution in [0.1, 0.15) is 34.8 Å². The second-order valence-electron chi connectivity index (χ2n) is 6.05. The SMILES string of the molecule is CC1CC(C(=O)c2ccc3c4c(cccc24)CC3)CO1. The molecule has 0 N–H and O–H groups in total. The molecule has 2 heteroatoms. The zero-order valence-corrected chi connectivity index (χ0v) is 11.7. The minimum atomic E-state index is 0.0310. The van der Waals surface area contributed by atoms with Crippen LogP contribution in [-0.2, 0) is 17.6 Å². The van der Waals surface area contributed by atoms with Crippen molar-refractivity contribution < 1.29 is 9.53 Å². The standard InChI is InChI=1S/C18H18O2/c1-11-9-14(10-20-11)18(19)16-8-7-13-6-5-12-3-2-4-15(16)17(12)13/h2-4,7-8,11,14H,5-6,9-10H2,1H3. The van der Waals surface area contributed by atoms with Gasteiger partial charge in [0.25, 0.3) is 0 Å². The fourth-order valence-electron chi connectivity index (χ4n) is 3.68. The number of hydrogen-bond donors (Lipinski definition) is 0. The summed E-state index contributed by atoms with van der Waals surface area (Å²) in [6.45, 7) is 2.61. The fraction of sp³-hybridized carbons (Fsp3) is 0.389. The van der Waals surface area contributed by atoms with Crippen LogP contribution in [-0.4, -0.2) is 18.5 Å². The van der Waals surface area contributed by atoms with Crippen molar-refractivity contribution in [2.75, 3.05) is 6.61 Å². The molecule has 1 fully saturated rings. The van der Waals surface area contributed by atoms with Gasteiger partial charge >= 0.3 is 0 Å². The van der Waals surface area contributed by atoms with Gasteiger partial charge in [-0.1, -0.05) is 30.3 Å². The van der Waals surface area contributed by atoms with Gasteiger partial charge in [-0.3, -0.25) is 4.79 Å². The third-order valence-electron chi connectivity index (χ3n) is 4.71. The molecular formula is C18H18O2. The predicted octanol–water partition coefficient (Wildman–Crippen LogP) is 3.55. The minimum Gasteiger partial charge on any atom is -0.378 e. The summed E-state index contributed by atoms with van der Waals surface area (Å²) in [7, 11) is 0. The van der Waals surface area contributed by atoms with Gasteiger partial charge in [0.2, 0.25) is 0 Å². The van der Waals surface area contributed by atoms with Gasteiger partial charge in [0, 0.05) is 11.5 Å². The monoisotopic (exact) mass is 266 g/mol. The molecule has 0 amide bonds. The number of carbonyl (C=O) groups excluding carboxylic acids is 1. The summed E-state index contributed by atoms with van der Waals surface area (Å²) in [6, 6.07) is 10.5. The first-order valence-corrected chi connectivity index (χ1v) is 7.43. The van der Waals surface area contributed by atoms with Gasteiger partial charge in [-0.2, -0.15) is 0 Å². The maximum absolute atomic E-state index is 12.8. The molecule has 2 unspecified atom stereocenters. The van der Waals surface area contributed by atoms with E-state index in [9.17, 15) is 4.79 Å². The normalized spacial score (nSPS) is 24.4. The lowest BCUT2D eigenvalue weighted by Gasteiger charge is -2.11. The molecule has 2 aromatic rings. The molecule has 1 saturated heterocycles. The largest absolute Gasteiger partial charge is 0.378 e. The van der Waals surface area contributed by atoms with Crippen LogP contribution in [0.2, 0.25) is 0 Å². The highest BCUT2D eigenvalue weighted by molar-refractivity contribution is 6.11. The lowest BCUT2D eigenvalue weighted by Crippen LogP contribution is -2.15. The quantitative estimate of drug-likeness (QED) is 0.777. The number of ether oxygens (including phenoxy) is 1. The lowest BCUT2D eigenvalue weighted by molar-refractivity contribution is 0.0879. The van der Waals surface area contributed by atoms with Crippen molar-refractivity contribution in [3.05, 3.63) is 47.0 Å². The molecule has 0 bridgehead atoms. The zero-order valence-electron chi connectivity index (χ0n) is 11.7. The van der Waals surface area contributed by atoms with Gasteiger partial charge in [0.05, 0.1) is 12.7 Å². The average molecular weight is 266 g/mol. The summed E-state index contributed by atoms with van der Waals surface area (Å²) in [5.74, 6) is 0.286. The smallest absolute Gasteiger partial charge is 0.168 e. The van der Waals surface area contributed by atoms with E-state index in [0.717, 1.165) is 30.2 Å². The molecule has 2 aliphatic rings. The highest BCUT2D eigenvalue weighted by atomic mass is 16.5. The van der Waals surface area contributed by atoms with E-state index < -0.39 is 0 Å². The van der Waals surface area contributed by atoms with Crippen LogP contribution in [0.5, 0.6) is 0 Å². The topological polar surface area (TPSA) is 26.3 Å². The summed E-state index contributed by atoms with van der Waals surface area (Å²) in [5, 5.41) is 2.47. The van der Waals surface area contributed by atoms with Gasteiger partial charge < -0.3 is 4.74 Å². The Hall–Kier alpha value is -1.67. The van der Waals surface area contributed by atoms with E-state index >= 15 is 0 Å². The van der Waals surface area contributed by atoms with Crippen LogP contribution in [0.25, 0.3) is 10.8 Å². The predicted molar refractivity (Wildman–Crippen MR) is 79.2 cm³/mol. The molecule has 4 rings (SSSR count). The fourth-order valence-corrected chi connectivity index (χ4v) is 3.68. The molecule has 0 aromatic heterocycles. The van der Waals surface area contributed by atoms with Gasteiger partial charge in [-0.25, -0.2) is 0 Å². The third-order valence-corrected chi connectivity index (χ3v) is 4.71. The van der Waals surface area contributed by atoms with Crippen LogP contribution in [0, 0.1) is 5.92 Å². The Kier molecular flexibility index (Phi) is 2.67. The Morgan fingerprint density at radius 3 is 2.70 bits per heavy atom. The second-order valence-corrected chi connectivity index (χ2v) is 6.05. The van der Waals surface area contributed by atoms with Crippen molar-refractivity contribution in [1.82, 2.24) is 0 Å². The third kappa shape index (κ3) is 1.71. The first-order chi connectivity index (χ1) is 9.74. The van der Waals surface area contributed by atoms with Gasteiger partial charge in [-0.05, 0) is 48.1 Å². The van der Waals surface area contributed by atoms with Crippen molar-refractivity contribution in [1.29, 1.82) is 0 Å². The van der Waals surface area contributed by atoms with E-state index in [0.29, 0.717) is 6.61 Å². The first kappa shape index (κ1) is 12.1. The van der Waals surface area contributed by atoms with E-state index in [4.69, 9.17) is 4.74 Å². The molecule has 2 atom stereocenters. The maximum Gasteiger partial charge on any atom is 0.168 e. The number of aryl methyl sites for hydroxylation is 2. The molecule has 0 saturated carbocycles. The van der Waals surface area contributed by atoms with Crippen molar-refractivity contribution >= 4 is 16.6 Å². The molecule has 0 spiro atoms. The van der Waals surface area contributed by atoms with Gasteiger partial charge in [0.15, 0.2) is 5.78 Å². The van der Waals surface area contributed by atoms with E-state index in [-0.39, 0.29) is 17.8 Å². The van der Waals surface area contributed by atoms with Crippen LogP contribution in [0.15, 0.2) is 30.3 Å². The molecule has 2 aromatic carbocycles. The highest BCUT2D eigenvalue weighted by Crippen LogP contribution is 2.34. The maximum atomic E-state index is 12.8. The Morgan fingerprint density at radius 1 is 1.15 bits per heavy atom. The molecule has 1 aliphatic carbocycles. The summed E-state index contributed by atoms with van der Waals surface area (Å²) < 4.78 is 5.56. The van der Waals surface area contributed by atoms with E-state index in [1.807, 2.05) is 13.0 Å².